The topological polar surface area (TPSA) is 72.7 Å². The molecule has 1 unspecified atom stereocenters. The molecule has 0 aliphatic heterocycles. The van der Waals surface area contributed by atoms with Crippen molar-refractivity contribution in [2.75, 3.05) is 5.75 Å². The van der Waals surface area contributed by atoms with Crippen LogP contribution >= 0.6 is 11.8 Å². The number of benzene rings is 2. The molecule has 7 heteroatoms. The van der Waals surface area contributed by atoms with Crippen molar-refractivity contribution >= 4 is 28.6 Å². The molecule has 0 fully saturated rings. The third-order valence-corrected chi connectivity index (χ3v) is 6.49. The van der Waals surface area contributed by atoms with Gasteiger partial charge in [-0.3, -0.25) is 4.79 Å². The number of pyridine rings is 1. The van der Waals surface area contributed by atoms with Gasteiger partial charge < -0.3 is 9.88 Å². The molecule has 0 saturated heterocycles. The molecular weight excluding hydrogens is 430 g/mol. The number of amides is 1. The summed E-state index contributed by atoms with van der Waals surface area (Å²) in [6.45, 7) is 6.93. The van der Waals surface area contributed by atoms with Crippen molar-refractivity contribution in [3.05, 3.63) is 60.7 Å². The zero-order valence-corrected chi connectivity index (χ0v) is 20.1. The zero-order chi connectivity index (χ0) is 23.2. The van der Waals surface area contributed by atoms with E-state index in [9.17, 15) is 4.79 Å². The Balaban J connectivity index is 1.67. The standard InChI is InChI=1S/C26H29N5OS/c1-4-11-18(3)27-24(32)17-33-26-30-29-25(31(26)5-2)21-16-23(19-12-7-6-8-13-19)28-22-15-10-9-14-20(21)22/h6-10,12-16,18H,4-5,11,17H2,1-3H3,(H,27,32). The summed E-state index contributed by atoms with van der Waals surface area (Å²) in [5.74, 6) is 1.13. The Kier molecular flexibility index (Phi) is 7.40. The van der Waals surface area contributed by atoms with Gasteiger partial charge in [-0.2, -0.15) is 0 Å². The van der Waals surface area contributed by atoms with E-state index in [4.69, 9.17) is 4.98 Å². The van der Waals surface area contributed by atoms with Crippen LogP contribution in [0.2, 0.25) is 0 Å². The lowest BCUT2D eigenvalue weighted by Crippen LogP contribution is -2.33. The van der Waals surface area contributed by atoms with Crippen LogP contribution in [0.3, 0.4) is 0 Å². The van der Waals surface area contributed by atoms with Crippen molar-refractivity contribution in [2.24, 2.45) is 0 Å². The van der Waals surface area contributed by atoms with E-state index in [1.54, 1.807) is 0 Å². The van der Waals surface area contributed by atoms with Gasteiger partial charge in [0.05, 0.1) is 17.0 Å². The normalized spacial score (nSPS) is 12.1. The molecule has 1 atom stereocenters. The first kappa shape index (κ1) is 23.0. The highest BCUT2D eigenvalue weighted by Gasteiger charge is 2.18. The summed E-state index contributed by atoms with van der Waals surface area (Å²) in [5, 5.41) is 13.8. The summed E-state index contributed by atoms with van der Waals surface area (Å²) in [4.78, 5) is 17.2. The molecule has 1 amide bonds. The van der Waals surface area contributed by atoms with Gasteiger partial charge in [0.2, 0.25) is 5.91 Å². The summed E-state index contributed by atoms with van der Waals surface area (Å²) in [5.41, 5.74) is 3.85. The fraction of sp³-hybridized carbons (Fsp3) is 0.308. The van der Waals surface area contributed by atoms with Crippen LogP contribution in [0.25, 0.3) is 33.5 Å². The molecular formula is C26H29N5OS. The van der Waals surface area contributed by atoms with Gasteiger partial charge in [-0.15, -0.1) is 10.2 Å². The van der Waals surface area contributed by atoms with Crippen molar-refractivity contribution < 1.29 is 4.79 Å². The summed E-state index contributed by atoms with van der Waals surface area (Å²) in [6, 6.07) is 20.5. The second-order valence-corrected chi connectivity index (χ2v) is 8.98. The van der Waals surface area contributed by atoms with Gasteiger partial charge in [0.25, 0.3) is 0 Å². The van der Waals surface area contributed by atoms with Gasteiger partial charge in [0.15, 0.2) is 11.0 Å². The first-order chi connectivity index (χ1) is 16.1. The number of thioether (sulfide) groups is 1. The maximum atomic E-state index is 12.4. The average molecular weight is 460 g/mol. The van der Waals surface area contributed by atoms with Crippen molar-refractivity contribution in [1.82, 2.24) is 25.1 Å². The first-order valence-electron chi connectivity index (χ1n) is 11.4. The minimum atomic E-state index is 0.0221. The minimum absolute atomic E-state index is 0.0221. The van der Waals surface area contributed by atoms with Crippen LogP contribution in [0, 0.1) is 0 Å². The van der Waals surface area contributed by atoms with Crippen molar-refractivity contribution in [1.29, 1.82) is 0 Å². The number of aromatic nitrogens is 4. The van der Waals surface area contributed by atoms with E-state index in [-0.39, 0.29) is 11.9 Å². The van der Waals surface area contributed by atoms with Gasteiger partial charge in [-0.25, -0.2) is 4.98 Å². The van der Waals surface area contributed by atoms with E-state index < -0.39 is 0 Å². The maximum Gasteiger partial charge on any atom is 0.230 e. The summed E-state index contributed by atoms with van der Waals surface area (Å²) >= 11 is 1.42. The number of carbonyl (C=O) groups is 1. The van der Waals surface area contributed by atoms with Gasteiger partial charge in [0, 0.05) is 29.1 Å². The fourth-order valence-corrected chi connectivity index (χ4v) is 4.76. The lowest BCUT2D eigenvalue weighted by atomic mass is 10.0. The molecule has 6 nitrogen and oxygen atoms in total. The monoisotopic (exact) mass is 459 g/mol. The Morgan fingerprint density at radius 3 is 2.58 bits per heavy atom. The maximum absolute atomic E-state index is 12.4. The van der Waals surface area contributed by atoms with Crippen LogP contribution in [-0.2, 0) is 11.3 Å². The molecule has 170 valence electrons. The van der Waals surface area contributed by atoms with Crippen LogP contribution < -0.4 is 5.32 Å². The van der Waals surface area contributed by atoms with Crippen molar-refractivity contribution in [3.63, 3.8) is 0 Å². The van der Waals surface area contributed by atoms with E-state index in [1.807, 2.05) is 43.3 Å². The highest BCUT2D eigenvalue weighted by atomic mass is 32.2. The molecule has 4 aromatic rings. The van der Waals surface area contributed by atoms with E-state index >= 15 is 0 Å². The zero-order valence-electron chi connectivity index (χ0n) is 19.3. The van der Waals surface area contributed by atoms with Gasteiger partial charge in [-0.05, 0) is 32.4 Å². The number of hydrogen-bond acceptors (Lipinski definition) is 5. The highest BCUT2D eigenvalue weighted by Crippen LogP contribution is 2.32. The molecule has 2 heterocycles. The van der Waals surface area contributed by atoms with Crippen LogP contribution in [0.5, 0.6) is 0 Å². The number of nitrogens with one attached hydrogen (secondary N) is 1. The number of rotatable bonds is 9. The van der Waals surface area contributed by atoms with E-state index in [2.05, 4.69) is 58.2 Å². The second-order valence-electron chi connectivity index (χ2n) is 8.03. The Morgan fingerprint density at radius 2 is 1.82 bits per heavy atom. The lowest BCUT2D eigenvalue weighted by Gasteiger charge is -2.13. The molecule has 33 heavy (non-hydrogen) atoms. The molecule has 0 spiro atoms. The predicted octanol–water partition coefficient (Wildman–Crippen LogP) is 5.58. The second kappa shape index (κ2) is 10.6. The van der Waals surface area contributed by atoms with Crippen molar-refractivity contribution in [3.8, 4) is 22.6 Å². The molecule has 0 aliphatic carbocycles. The van der Waals surface area contributed by atoms with Crippen molar-refractivity contribution in [2.45, 2.75) is 51.4 Å². The summed E-state index contributed by atoms with van der Waals surface area (Å²) in [6.07, 6.45) is 2.03. The SMILES string of the molecule is CCCC(C)NC(=O)CSc1nnc(-c2cc(-c3ccccc3)nc3ccccc23)n1CC. The Morgan fingerprint density at radius 1 is 1.06 bits per heavy atom. The Hall–Kier alpha value is -3.19. The molecule has 0 saturated carbocycles. The third-order valence-electron chi connectivity index (χ3n) is 5.52. The first-order valence-corrected chi connectivity index (χ1v) is 12.4. The quantitative estimate of drug-likeness (QED) is 0.331. The molecule has 4 rings (SSSR count). The number of hydrogen-bond donors (Lipinski definition) is 1. The average Bonchev–Trinajstić information content (AvgIpc) is 3.25. The number of carbonyl (C=O) groups excluding carboxylic acids is 1. The summed E-state index contributed by atoms with van der Waals surface area (Å²) < 4.78 is 2.07. The molecule has 0 bridgehead atoms. The molecule has 0 radical (unpaired) electrons. The van der Waals surface area contributed by atoms with E-state index in [0.29, 0.717) is 12.3 Å². The minimum Gasteiger partial charge on any atom is -0.353 e. The third kappa shape index (κ3) is 5.25. The van der Waals surface area contributed by atoms with Gasteiger partial charge >= 0.3 is 0 Å². The molecule has 2 aromatic heterocycles. The van der Waals surface area contributed by atoms with Crippen LogP contribution in [0.15, 0.2) is 65.8 Å². The molecule has 2 aromatic carbocycles. The van der Waals surface area contributed by atoms with Gasteiger partial charge in [-0.1, -0.05) is 73.6 Å². The molecule has 0 aliphatic rings. The largest absolute Gasteiger partial charge is 0.353 e. The number of para-hydroxylation sites is 1. The van der Waals surface area contributed by atoms with Gasteiger partial charge in [0.1, 0.15) is 0 Å². The van der Waals surface area contributed by atoms with E-state index in [1.165, 1.54) is 11.8 Å². The molecule has 1 N–H and O–H groups in total. The Bertz CT molecular complexity index is 1240. The number of fused-ring (bicyclic) bond motifs is 1. The smallest absolute Gasteiger partial charge is 0.230 e. The summed E-state index contributed by atoms with van der Waals surface area (Å²) in [7, 11) is 0. The van der Waals surface area contributed by atoms with Crippen LogP contribution in [0.1, 0.15) is 33.6 Å². The highest BCUT2D eigenvalue weighted by molar-refractivity contribution is 7.99. The van der Waals surface area contributed by atoms with Crippen LogP contribution in [-0.4, -0.2) is 37.5 Å². The van der Waals surface area contributed by atoms with Crippen LogP contribution in [0.4, 0.5) is 0 Å². The lowest BCUT2D eigenvalue weighted by molar-refractivity contribution is -0.119. The fourth-order valence-electron chi connectivity index (χ4n) is 3.95. The Labute approximate surface area is 198 Å². The predicted molar refractivity (Wildman–Crippen MR) is 135 cm³/mol. The van der Waals surface area contributed by atoms with E-state index in [0.717, 1.165) is 51.5 Å². The number of nitrogens with zero attached hydrogens (tertiary/aromatic N) is 4.